The van der Waals surface area contributed by atoms with E-state index in [1.165, 1.54) is 23.0 Å². The maximum absolute atomic E-state index is 13.4. The van der Waals surface area contributed by atoms with Crippen molar-refractivity contribution in [1.29, 1.82) is 0 Å². The van der Waals surface area contributed by atoms with E-state index < -0.39 is 5.82 Å². The van der Waals surface area contributed by atoms with Crippen LogP contribution in [-0.2, 0) is 11.3 Å². The molecule has 0 fully saturated rings. The van der Waals surface area contributed by atoms with Gasteiger partial charge in [0.05, 0.1) is 12.3 Å². The molecule has 0 saturated carbocycles. The van der Waals surface area contributed by atoms with E-state index in [9.17, 15) is 4.39 Å². The van der Waals surface area contributed by atoms with E-state index in [0.717, 1.165) is 0 Å². The normalized spacial score (nSPS) is 10.7. The average Bonchev–Trinajstić information content (AvgIpc) is 2.61. The highest BCUT2D eigenvalue weighted by Crippen LogP contribution is 2.12. The number of pyridine rings is 1. The molecule has 0 aromatic carbocycles. The lowest BCUT2D eigenvalue weighted by Crippen LogP contribution is -2.02. The van der Waals surface area contributed by atoms with Gasteiger partial charge in [-0.3, -0.25) is 0 Å². The molecule has 1 radical (unpaired) electrons. The molecule has 4 nitrogen and oxygen atoms in total. The highest BCUT2D eigenvalue weighted by molar-refractivity contribution is 5.28. The largest absolute Gasteiger partial charge is 0.378 e. The molecule has 0 aliphatic carbocycles. The van der Waals surface area contributed by atoms with Gasteiger partial charge >= 0.3 is 0 Å². The highest BCUT2D eigenvalue weighted by Gasteiger charge is 2.10. The average molecular weight is 220 g/mol. The molecule has 2 rings (SSSR count). The first kappa shape index (κ1) is 10.8. The minimum absolute atomic E-state index is 0.162. The molecule has 0 atom stereocenters. The van der Waals surface area contributed by atoms with Crippen molar-refractivity contribution in [1.82, 2.24) is 14.8 Å². The molecule has 2 aromatic rings. The van der Waals surface area contributed by atoms with Crippen LogP contribution in [0.25, 0.3) is 5.82 Å². The van der Waals surface area contributed by atoms with E-state index in [1.54, 1.807) is 13.3 Å². The lowest BCUT2D eigenvalue weighted by molar-refractivity contribution is 0.181. The quantitative estimate of drug-likeness (QED) is 0.790. The molecule has 2 heterocycles. The van der Waals surface area contributed by atoms with Gasteiger partial charge in [0, 0.05) is 19.5 Å². The van der Waals surface area contributed by atoms with E-state index >= 15 is 0 Å². The van der Waals surface area contributed by atoms with Crippen molar-refractivity contribution in [3.63, 3.8) is 0 Å². The van der Waals surface area contributed by atoms with Gasteiger partial charge in [0.15, 0.2) is 11.6 Å². The molecule has 83 valence electrons. The number of rotatable bonds is 3. The molecule has 0 unspecified atom stereocenters. The number of hydrogen-bond acceptors (Lipinski definition) is 3. The fourth-order valence-corrected chi connectivity index (χ4v) is 1.36. The first-order chi connectivity index (χ1) is 7.72. The second kappa shape index (κ2) is 4.40. The summed E-state index contributed by atoms with van der Waals surface area (Å²) in [7, 11) is 1.57. The molecule has 16 heavy (non-hydrogen) atoms. The van der Waals surface area contributed by atoms with Crippen molar-refractivity contribution in [2.75, 3.05) is 7.11 Å². The van der Waals surface area contributed by atoms with E-state index in [2.05, 4.69) is 17.0 Å². The molecule has 0 bridgehead atoms. The molecule has 5 heteroatoms. The lowest BCUT2D eigenvalue weighted by Gasteiger charge is -2.00. The molecular weight excluding hydrogens is 209 g/mol. The predicted molar refractivity (Wildman–Crippen MR) is 56.5 cm³/mol. The van der Waals surface area contributed by atoms with Crippen molar-refractivity contribution in [3.05, 3.63) is 48.5 Å². The Morgan fingerprint density at radius 2 is 2.38 bits per heavy atom. The summed E-state index contributed by atoms with van der Waals surface area (Å²) >= 11 is 0. The lowest BCUT2D eigenvalue weighted by atomic mass is 10.3. The summed E-state index contributed by atoms with van der Waals surface area (Å²) in [5, 5.41) is 4.16. The Hall–Kier alpha value is -1.75. The van der Waals surface area contributed by atoms with Gasteiger partial charge in [-0.15, -0.1) is 0 Å². The minimum atomic E-state index is -0.422. The summed E-state index contributed by atoms with van der Waals surface area (Å²) in [6.45, 7) is 4.15. The molecule has 0 aliphatic heterocycles. The van der Waals surface area contributed by atoms with Crippen LogP contribution in [0.2, 0.25) is 0 Å². The Morgan fingerprint density at radius 3 is 3.06 bits per heavy atom. The second-order valence-electron chi connectivity index (χ2n) is 3.29. The van der Waals surface area contributed by atoms with Gasteiger partial charge < -0.3 is 4.74 Å². The van der Waals surface area contributed by atoms with Crippen LogP contribution in [-0.4, -0.2) is 21.9 Å². The van der Waals surface area contributed by atoms with Crippen molar-refractivity contribution in [3.8, 4) is 5.82 Å². The van der Waals surface area contributed by atoms with Crippen LogP contribution < -0.4 is 0 Å². The van der Waals surface area contributed by atoms with Crippen LogP contribution in [0.5, 0.6) is 0 Å². The number of ether oxygens (including phenoxy) is 1. The fraction of sp³-hybridized carbons (Fsp3) is 0.182. The Morgan fingerprint density at radius 1 is 1.56 bits per heavy atom. The highest BCUT2D eigenvalue weighted by atomic mass is 19.1. The zero-order chi connectivity index (χ0) is 11.5. The molecule has 0 amide bonds. The Balaban J connectivity index is 2.42. The van der Waals surface area contributed by atoms with Crippen molar-refractivity contribution < 1.29 is 9.13 Å². The standard InChI is InChI=1S/C11H11FN3O/c1-8-6-15(14-10(8)7-16-2)11-9(12)4-3-5-13-11/h3-6H,1,7H2,2H3. The van der Waals surface area contributed by atoms with Crippen LogP contribution >= 0.6 is 0 Å². The number of halogens is 1. The Labute approximate surface area is 92.7 Å². The molecular formula is C11H11FN3O. The van der Waals surface area contributed by atoms with Gasteiger partial charge in [-0.25, -0.2) is 14.1 Å². The van der Waals surface area contributed by atoms with Crippen LogP contribution in [0.1, 0.15) is 11.3 Å². The maximum atomic E-state index is 13.4. The summed E-state index contributed by atoms with van der Waals surface area (Å²) in [5.41, 5.74) is 1.37. The predicted octanol–water partition coefficient (Wildman–Crippen LogP) is 1.73. The van der Waals surface area contributed by atoms with Gasteiger partial charge in [0.25, 0.3) is 0 Å². The molecule has 2 aromatic heterocycles. The number of nitrogens with zero attached hydrogens (tertiary/aromatic N) is 3. The van der Waals surface area contributed by atoms with Gasteiger partial charge in [-0.05, 0) is 24.6 Å². The first-order valence-electron chi connectivity index (χ1n) is 4.72. The number of aromatic nitrogens is 3. The van der Waals surface area contributed by atoms with Crippen LogP contribution in [0.4, 0.5) is 4.39 Å². The van der Waals surface area contributed by atoms with Crippen LogP contribution in [0.15, 0.2) is 24.5 Å². The number of methoxy groups -OCH3 is 1. The van der Waals surface area contributed by atoms with Gasteiger partial charge in [0.1, 0.15) is 0 Å². The van der Waals surface area contributed by atoms with E-state index in [0.29, 0.717) is 17.9 Å². The molecule has 0 saturated heterocycles. The summed E-state index contributed by atoms with van der Waals surface area (Å²) in [6, 6.07) is 2.87. The van der Waals surface area contributed by atoms with Crippen molar-refractivity contribution in [2.45, 2.75) is 6.61 Å². The van der Waals surface area contributed by atoms with Crippen molar-refractivity contribution in [2.24, 2.45) is 0 Å². The smallest absolute Gasteiger partial charge is 0.189 e. The van der Waals surface area contributed by atoms with E-state index in [1.807, 2.05) is 0 Å². The topological polar surface area (TPSA) is 39.9 Å². The SMILES string of the molecule is [CH2]c1cn(-c2ncccc2F)nc1COC. The van der Waals surface area contributed by atoms with E-state index in [4.69, 9.17) is 4.74 Å². The summed E-state index contributed by atoms with van der Waals surface area (Å²) in [5.74, 6) is -0.260. The Kier molecular flexibility index (Phi) is 2.96. The molecule has 0 aliphatic rings. The molecule has 0 spiro atoms. The summed E-state index contributed by atoms with van der Waals surface area (Å²) in [4.78, 5) is 3.92. The van der Waals surface area contributed by atoms with Gasteiger partial charge in [-0.1, -0.05) is 0 Å². The zero-order valence-corrected chi connectivity index (χ0v) is 8.85. The fourth-order valence-electron chi connectivity index (χ4n) is 1.36. The van der Waals surface area contributed by atoms with Crippen LogP contribution in [0.3, 0.4) is 0 Å². The third-order valence-electron chi connectivity index (χ3n) is 2.11. The van der Waals surface area contributed by atoms with Gasteiger partial charge in [0.2, 0.25) is 0 Å². The maximum Gasteiger partial charge on any atom is 0.189 e. The third kappa shape index (κ3) is 1.94. The molecule has 0 N–H and O–H groups in total. The zero-order valence-electron chi connectivity index (χ0n) is 8.85. The second-order valence-corrected chi connectivity index (χ2v) is 3.29. The van der Waals surface area contributed by atoms with Crippen LogP contribution in [0, 0.1) is 12.7 Å². The first-order valence-corrected chi connectivity index (χ1v) is 4.72. The van der Waals surface area contributed by atoms with Crippen molar-refractivity contribution >= 4 is 0 Å². The van der Waals surface area contributed by atoms with E-state index in [-0.39, 0.29) is 5.82 Å². The number of hydrogen-bond donors (Lipinski definition) is 0. The Bertz CT molecular complexity index is 496. The van der Waals surface area contributed by atoms with Gasteiger partial charge in [-0.2, -0.15) is 5.10 Å². The summed E-state index contributed by atoms with van der Waals surface area (Å²) in [6.07, 6.45) is 3.14. The minimum Gasteiger partial charge on any atom is -0.378 e. The summed E-state index contributed by atoms with van der Waals surface area (Å²) < 4.78 is 19.8. The monoisotopic (exact) mass is 220 g/mol. The third-order valence-corrected chi connectivity index (χ3v) is 2.11.